The van der Waals surface area contributed by atoms with Crippen molar-refractivity contribution in [1.29, 1.82) is 0 Å². The Morgan fingerprint density at radius 3 is 2.55 bits per heavy atom. The van der Waals surface area contributed by atoms with Crippen LogP contribution < -0.4 is 5.56 Å². The minimum atomic E-state index is -0.518. The molecule has 0 aliphatic carbocycles. The van der Waals surface area contributed by atoms with Gasteiger partial charge in [-0.05, 0) is 30.3 Å². The monoisotopic (exact) mass is 394 g/mol. The fraction of sp³-hybridized carbons (Fsp3) is 0.318. The van der Waals surface area contributed by atoms with Gasteiger partial charge in [0.2, 0.25) is 0 Å². The Balaban J connectivity index is 1.60. The van der Waals surface area contributed by atoms with Crippen molar-refractivity contribution in [3.63, 3.8) is 0 Å². The number of benzene rings is 2. The highest BCUT2D eigenvalue weighted by Crippen LogP contribution is 2.20. The number of aromatic nitrogens is 2. The van der Waals surface area contributed by atoms with Gasteiger partial charge in [-0.3, -0.25) is 9.59 Å². The van der Waals surface area contributed by atoms with Gasteiger partial charge in [-0.15, -0.1) is 0 Å². The first-order chi connectivity index (χ1) is 14.1. The van der Waals surface area contributed by atoms with Crippen LogP contribution in [0.4, 0.5) is 4.39 Å². The Labute approximate surface area is 167 Å². The van der Waals surface area contributed by atoms with Crippen LogP contribution in [0.5, 0.6) is 0 Å². The lowest BCUT2D eigenvalue weighted by molar-refractivity contribution is 0.0638. The number of aromatic amines is 1. The van der Waals surface area contributed by atoms with Gasteiger partial charge in [0.25, 0.3) is 11.5 Å². The Bertz CT molecular complexity index is 1100. The van der Waals surface area contributed by atoms with Gasteiger partial charge >= 0.3 is 0 Å². The second kappa shape index (κ2) is 8.13. The summed E-state index contributed by atoms with van der Waals surface area (Å²) in [6, 6.07) is 11.8. The lowest BCUT2D eigenvalue weighted by Crippen LogP contribution is -2.48. The van der Waals surface area contributed by atoms with Crippen molar-refractivity contribution >= 4 is 16.7 Å². The Hall–Kier alpha value is -3.06. The molecule has 1 fully saturated rings. The highest BCUT2D eigenvalue weighted by Gasteiger charge is 2.24. The molecule has 0 unspecified atom stereocenters. The number of rotatable bonds is 4. The maximum atomic E-state index is 14.4. The average molecular weight is 394 g/mol. The van der Waals surface area contributed by atoms with Gasteiger partial charge in [0.05, 0.1) is 16.6 Å². The molecule has 0 atom stereocenters. The summed E-state index contributed by atoms with van der Waals surface area (Å²) in [5, 5.41) is 8.00. The molecule has 3 aromatic rings. The highest BCUT2D eigenvalue weighted by molar-refractivity contribution is 5.95. The largest absolute Gasteiger partial charge is 0.336 e. The van der Waals surface area contributed by atoms with Gasteiger partial charge in [-0.2, -0.15) is 5.10 Å². The second-order valence-corrected chi connectivity index (χ2v) is 7.26. The molecule has 150 valence electrons. The summed E-state index contributed by atoms with van der Waals surface area (Å²) in [6.07, 6.45) is 0.390. The molecular formula is C22H23FN4O2. The number of halogens is 1. The molecule has 0 bridgehead atoms. The molecule has 1 aromatic heterocycles. The van der Waals surface area contributed by atoms with Crippen molar-refractivity contribution in [2.45, 2.75) is 13.3 Å². The first kappa shape index (κ1) is 19.3. The molecular weight excluding hydrogens is 371 g/mol. The van der Waals surface area contributed by atoms with E-state index >= 15 is 0 Å². The van der Waals surface area contributed by atoms with Crippen molar-refractivity contribution in [2.24, 2.45) is 0 Å². The third kappa shape index (κ3) is 3.91. The van der Waals surface area contributed by atoms with Gasteiger partial charge in [0, 0.05) is 38.0 Å². The third-order valence-corrected chi connectivity index (χ3v) is 5.51. The number of likely N-dealkylation sites (N-methyl/N-ethyl adjacent to an activating group) is 1. The Morgan fingerprint density at radius 2 is 1.83 bits per heavy atom. The van der Waals surface area contributed by atoms with Crippen LogP contribution in [0.3, 0.4) is 0 Å². The number of carbonyl (C=O) groups is 1. The topological polar surface area (TPSA) is 69.3 Å². The quantitative estimate of drug-likeness (QED) is 0.738. The maximum Gasteiger partial charge on any atom is 0.272 e. The van der Waals surface area contributed by atoms with Crippen LogP contribution >= 0.6 is 0 Å². The van der Waals surface area contributed by atoms with E-state index in [1.807, 2.05) is 12.1 Å². The van der Waals surface area contributed by atoms with Gasteiger partial charge in [-0.25, -0.2) is 9.49 Å². The molecule has 0 spiro atoms. The number of H-pyrrole nitrogens is 1. The van der Waals surface area contributed by atoms with Crippen molar-refractivity contribution in [3.8, 4) is 0 Å². The summed E-state index contributed by atoms with van der Waals surface area (Å²) < 4.78 is 14.4. The Morgan fingerprint density at radius 1 is 1.10 bits per heavy atom. The van der Waals surface area contributed by atoms with Crippen LogP contribution in [0, 0.1) is 5.82 Å². The minimum absolute atomic E-state index is 0.0844. The molecule has 0 saturated carbocycles. The van der Waals surface area contributed by atoms with Crippen LogP contribution in [-0.4, -0.2) is 58.6 Å². The molecule has 1 aliphatic rings. The second-order valence-electron chi connectivity index (χ2n) is 7.26. The van der Waals surface area contributed by atoms with Crippen molar-refractivity contribution in [1.82, 2.24) is 20.0 Å². The molecule has 2 aromatic carbocycles. The predicted molar refractivity (Wildman–Crippen MR) is 110 cm³/mol. The molecule has 1 N–H and O–H groups in total. The van der Waals surface area contributed by atoms with E-state index in [9.17, 15) is 14.0 Å². The SMILES string of the molecule is CCN1CCN(C(=O)c2cc(Cc3n[nH]c(=O)c4ccccc34)ccc2F)CC1. The number of piperazine rings is 1. The highest BCUT2D eigenvalue weighted by atomic mass is 19.1. The zero-order valence-electron chi connectivity index (χ0n) is 16.3. The van der Waals surface area contributed by atoms with Gasteiger partial charge in [0.1, 0.15) is 5.82 Å². The molecule has 1 amide bonds. The number of hydrogen-bond acceptors (Lipinski definition) is 4. The van der Waals surface area contributed by atoms with Gasteiger partial charge in [0.15, 0.2) is 0 Å². The summed E-state index contributed by atoms with van der Waals surface area (Å²) in [5.74, 6) is -0.796. The van der Waals surface area contributed by atoms with Crippen LogP contribution in [0.1, 0.15) is 28.5 Å². The summed E-state index contributed by atoms with van der Waals surface area (Å²) in [4.78, 5) is 28.8. The van der Waals surface area contributed by atoms with E-state index in [1.165, 1.54) is 6.07 Å². The number of nitrogens with one attached hydrogen (secondary N) is 1. The minimum Gasteiger partial charge on any atom is -0.336 e. The number of nitrogens with zero attached hydrogens (tertiary/aromatic N) is 3. The maximum absolute atomic E-state index is 14.4. The normalized spacial score (nSPS) is 15.0. The zero-order valence-corrected chi connectivity index (χ0v) is 16.3. The van der Waals surface area contributed by atoms with Gasteiger partial charge in [-0.1, -0.05) is 31.2 Å². The summed E-state index contributed by atoms with van der Waals surface area (Å²) in [5.41, 5.74) is 1.29. The van der Waals surface area contributed by atoms with E-state index in [0.29, 0.717) is 30.6 Å². The van der Waals surface area contributed by atoms with Crippen LogP contribution in [0.15, 0.2) is 47.3 Å². The summed E-state index contributed by atoms with van der Waals surface area (Å²) in [6.45, 7) is 5.85. The first-order valence-corrected chi connectivity index (χ1v) is 9.83. The number of carbonyl (C=O) groups excluding carboxylic acids is 1. The van der Waals surface area contributed by atoms with E-state index < -0.39 is 5.82 Å². The molecule has 1 saturated heterocycles. The fourth-order valence-electron chi connectivity index (χ4n) is 3.78. The number of amides is 1. The van der Waals surface area contributed by atoms with Crippen molar-refractivity contribution in [2.75, 3.05) is 32.7 Å². The predicted octanol–water partition coefficient (Wildman–Crippen LogP) is 2.43. The van der Waals surface area contributed by atoms with Gasteiger partial charge < -0.3 is 9.80 Å². The van der Waals surface area contributed by atoms with Crippen LogP contribution in [-0.2, 0) is 6.42 Å². The van der Waals surface area contributed by atoms with E-state index in [1.54, 1.807) is 29.2 Å². The fourth-order valence-corrected chi connectivity index (χ4v) is 3.78. The zero-order chi connectivity index (χ0) is 20.4. The molecule has 4 rings (SSSR count). The molecule has 29 heavy (non-hydrogen) atoms. The van der Waals surface area contributed by atoms with E-state index in [2.05, 4.69) is 22.0 Å². The molecule has 1 aliphatic heterocycles. The van der Waals surface area contributed by atoms with E-state index in [4.69, 9.17) is 0 Å². The summed E-state index contributed by atoms with van der Waals surface area (Å²) in [7, 11) is 0. The van der Waals surface area contributed by atoms with Crippen LogP contribution in [0.25, 0.3) is 10.8 Å². The van der Waals surface area contributed by atoms with E-state index in [-0.39, 0.29) is 17.0 Å². The molecule has 7 heteroatoms. The summed E-state index contributed by atoms with van der Waals surface area (Å²) >= 11 is 0. The average Bonchev–Trinajstić information content (AvgIpc) is 2.77. The number of fused-ring (bicyclic) bond motifs is 1. The van der Waals surface area contributed by atoms with Crippen molar-refractivity contribution < 1.29 is 9.18 Å². The molecule has 6 nitrogen and oxygen atoms in total. The lowest BCUT2D eigenvalue weighted by atomic mass is 10.0. The first-order valence-electron chi connectivity index (χ1n) is 9.83. The van der Waals surface area contributed by atoms with Crippen molar-refractivity contribution in [3.05, 3.63) is 75.5 Å². The van der Waals surface area contributed by atoms with Crippen LogP contribution in [0.2, 0.25) is 0 Å². The standard InChI is InChI=1S/C22H23FN4O2/c1-2-26-9-11-27(12-10-26)22(29)18-13-15(7-8-19(18)23)14-20-16-5-3-4-6-17(16)21(28)25-24-20/h3-8,13H,2,9-12,14H2,1H3,(H,25,28). The third-order valence-electron chi connectivity index (χ3n) is 5.51. The lowest BCUT2D eigenvalue weighted by Gasteiger charge is -2.34. The Kier molecular flexibility index (Phi) is 5.40. The number of hydrogen-bond donors (Lipinski definition) is 1. The van der Waals surface area contributed by atoms with E-state index in [0.717, 1.165) is 30.6 Å². The smallest absolute Gasteiger partial charge is 0.272 e. The molecule has 0 radical (unpaired) electrons. The molecule has 2 heterocycles.